The maximum absolute atomic E-state index is 11.7. The average Bonchev–Trinajstić information content (AvgIpc) is 2.30. The summed E-state index contributed by atoms with van der Waals surface area (Å²) in [6, 6.07) is 8.51. The Labute approximate surface area is 96.5 Å². The lowest BCUT2D eigenvalue weighted by Gasteiger charge is -2.05. The van der Waals surface area contributed by atoms with E-state index in [4.69, 9.17) is 4.74 Å². The van der Waals surface area contributed by atoms with Crippen LogP contribution in [0.4, 0.5) is 0 Å². The SMILES string of the molecule is CCOc1nc(=O)n(-c2ccccc2)c(=O)[nH]1. The van der Waals surface area contributed by atoms with E-state index < -0.39 is 11.4 Å². The molecule has 1 aromatic carbocycles. The van der Waals surface area contributed by atoms with Gasteiger partial charge in [-0.15, -0.1) is 4.98 Å². The third-order valence-electron chi connectivity index (χ3n) is 2.10. The largest absolute Gasteiger partial charge is 0.465 e. The van der Waals surface area contributed by atoms with Gasteiger partial charge in [0.15, 0.2) is 0 Å². The van der Waals surface area contributed by atoms with E-state index in [1.54, 1.807) is 37.3 Å². The van der Waals surface area contributed by atoms with Gasteiger partial charge in [-0.2, -0.15) is 0 Å². The third-order valence-corrected chi connectivity index (χ3v) is 2.10. The summed E-state index contributed by atoms with van der Waals surface area (Å²) < 4.78 is 5.93. The van der Waals surface area contributed by atoms with Crippen molar-refractivity contribution < 1.29 is 4.74 Å². The van der Waals surface area contributed by atoms with Gasteiger partial charge in [0.2, 0.25) is 0 Å². The van der Waals surface area contributed by atoms with Gasteiger partial charge in [0, 0.05) is 0 Å². The van der Waals surface area contributed by atoms with E-state index >= 15 is 0 Å². The van der Waals surface area contributed by atoms with E-state index in [1.807, 2.05) is 0 Å². The van der Waals surface area contributed by atoms with Gasteiger partial charge in [-0.25, -0.2) is 14.2 Å². The minimum absolute atomic E-state index is 0.0605. The second-order valence-electron chi connectivity index (χ2n) is 3.23. The highest BCUT2D eigenvalue weighted by Crippen LogP contribution is 2.00. The van der Waals surface area contributed by atoms with Crippen LogP contribution in [-0.4, -0.2) is 21.1 Å². The third kappa shape index (κ3) is 2.25. The fraction of sp³-hybridized carbons (Fsp3) is 0.182. The normalized spacial score (nSPS) is 10.2. The van der Waals surface area contributed by atoms with E-state index in [-0.39, 0.29) is 6.01 Å². The first-order chi connectivity index (χ1) is 8.22. The monoisotopic (exact) mass is 233 g/mol. The summed E-state index contributed by atoms with van der Waals surface area (Å²) in [6.45, 7) is 2.07. The van der Waals surface area contributed by atoms with Crippen LogP contribution in [0.2, 0.25) is 0 Å². The first-order valence-corrected chi connectivity index (χ1v) is 5.14. The molecule has 0 aliphatic heterocycles. The van der Waals surface area contributed by atoms with E-state index in [1.165, 1.54) is 0 Å². The molecular weight excluding hydrogens is 222 g/mol. The van der Waals surface area contributed by atoms with Crippen molar-refractivity contribution in [2.45, 2.75) is 6.92 Å². The first kappa shape index (κ1) is 11.1. The summed E-state index contributed by atoms with van der Waals surface area (Å²) >= 11 is 0. The number of rotatable bonds is 3. The van der Waals surface area contributed by atoms with Crippen LogP contribution in [0, 0.1) is 0 Å². The molecule has 0 saturated heterocycles. The molecule has 6 heteroatoms. The predicted octanol–water partition coefficient (Wildman–Crippen LogP) is 0.319. The lowest BCUT2D eigenvalue weighted by atomic mass is 10.3. The molecule has 1 aromatic heterocycles. The van der Waals surface area contributed by atoms with Crippen LogP contribution in [0.3, 0.4) is 0 Å². The van der Waals surface area contributed by atoms with Crippen LogP contribution in [0.25, 0.3) is 5.69 Å². The first-order valence-electron chi connectivity index (χ1n) is 5.14. The minimum atomic E-state index is -0.664. The van der Waals surface area contributed by atoms with Crippen LogP contribution < -0.4 is 16.1 Å². The molecule has 0 atom stereocenters. The molecule has 0 fully saturated rings. The van der Waals surface area contributed by atoms with Crippen molar-refractivity contribution in [3.05, 3.63) is 51.3 Å². The molecule has 0 radical (unpaired) electrons. The maximum Gasteiger partial charge on any atom is 0.360 e. The van der Waals surface area contributed by atoms with Crippen molar-refractivity contribution in [1.29, 1.82) is 0 Å². The second kappa shape index (κ2) is 4.65. The molecule has 1 heterocycles. The maximum atomic E-state index is 11.7. The Morgan fingerprint density at radius 3 is 2.59 bits per heavy atom. The number of nitrogens with zero attached hydrogens (tertiary/aromatic N) is 2. The van der Waals surface area contributed by atoms with Crippen LogP contribution in [-0.2, 0) is 0 Å². The summed E-state index contributed by atoms with van der Waals surface area (Å²) in [6.07, 6.45) is 0. The standard InChI is InChI=1S/C11H11N3O3/c1-2-17-9-12-10(15)14(11(16)13-9)8-6-4-3-5-7-8/h3-7H,2H2,1H3,(H,12,13,15,16). The van der Waals surface area contributed by atoms with E-state index in [2.05, 4.69) is 9.97 Å². The van der Waals surface area contributed by atoms with Crippen molar-refractivity contribution >= 4 is 0 Å². The smallest absolute Gasteiger partial charge is 0.360 e. The molecule has 0 aliphatic carbocycles. The summed E-state index contributed by atoms with van der Waals surface area (Å²) in [5.74, 6) is 0. The predicted molar refractivity (Wildman–Crippen MR) is 61.6 cm³/mol. The van der Waals surface area contributed by atoms with Crippen molar-refractivity contribution in [3.63, 3.8) is 0 Å². The number of benzene rings is 1. The lowest BCUT2D eigenvalue weighted by Crippen LogP contribution is -2.35. The Bertz CT molecular complexity index is 585. The molecular formula is C11H11N3O3. The summed E-state index contributed by atoms with van der Waals surface area (Å²) in [7, 11) is 0. The van der Waals surface area contributed by atoms with Gasteiger partial charge in [-0.3, -0.25) is 4.98 Å². The van der Waals surface area contributed by atoms with Gasteiger partial charge in [-0.05, 0) is 19.1 Å². The number of hydrogen-bond acceptors (Lipinski definition) is 4. The molecule has 0 saturated carbocycles. The highest BCUT2D eigenvalue weighted by Gasteiger charge is 2.07. The van der Waals surface area contributed by atoms with Crippen LogP contribution >= 0.6 is 0 Å². The Balaban J connectivity index is 2.58. The summed E-state index contributed by atoms with van der Waals surface area (Å²) in [5.41, 5.74) is -0.766. The van der Waals surface area contributed by atoms with Gasteiger partial charge in [0.05, 0.1) is 12.3 Å². The molecule has 17 heavy (non-hydrogen) atoms. The highest BCUT2D eigenvalue weighted by atomic mass is 16.5. The van der Waals surface area contributed by atoms with Gasteiger partial charge >= 0.3 is 17.4 Å². The molecule has 88 valence electrons. The molecule has 2 aromatic rings. The van der Waals surface area contributed by atoms with E-state index in [9.17, 15) is 9.59 Å². The number of aromatic nitrogens is 3. The molecule has 6 nitrogen and oxygen atoms in total. The van der Waals surface area contributed by atoms with Crippen molar-refractivity contribution in [2.75, 3.05) is 6.61 Å². The topological polar surface area (TPSA) is 77.0 Å². The molecule has 1 N–H and O–H groups in total. The Hall–Kier alpha value is -2.37. The van der Waals surface area contributed by atoms with Gasteiger partial charge in [-0.1, -0.05) is 18.2 Å². The number of H-pyrrole nitrogens is 1. The molecule has 0 unspecified atom stereocenters. The van der Waals surface area contributed by atoms with Crippen molar-refractivity contribution in [2.24, 2.45) is 0 Å². The zero-order valence-electron chi connectivity index (χ0n) is 9.21. The Morgan fingerprint density at radius 1 is 1.29 bits per heavy atom. The lowest BCUT2D eigenvalue weighted by molar-refractivity contribution is 0.307. The fourth-order valence-electron chi connectivity index (χ4n) is 1.41. The van der Waals surface area contributed by atoms with Crippen molar-refractivity contribution in [3.8, 4) is 11.7 Å². The minimum Gasteiger partial charge on any atom is -0.465 e. The summed E-state index contributed by atoms with van der Waals surface area (Å²) in [5, 5.41) is 0. The van der Waals surface area contributed by atoms with Crippen LogP contribution in [0.15, 0.2) is 39.9 Å². The van der Waals surface area contributed by atoms with Crippen LogP contribution in [0.5, 0.6) is 6.01 Å². The second-order valence-corrected chi connectivity index (χ2v) is 3.23. The van der Waals surface area contributed by atoms with E-state index in [0.717, 1.165) is 4.57 Å². The quantitative estimate of drug-likeness (QED) is 0.828. The van der Waals surface area contributed by atoms with Gasteiger partial charge in [0.1, 0.15) is 0 Å². The zero-order chi connectivity index (χ0) is 12.3. The van der Waals surface area contributed by atoms with Crippen LogP contribution in [0.1, 0.15) is 6.92 Å². The van der Waals surface area contributed by atoms with E-state index in [0.29, 0.717) is 12.3 Å². The van der Waals surface area contributed by atoms with Crippen molar-refractivity contribution in [1.82, 2.24) is 14.5 Å². The number of nitrogens with one attached hydrogen (secondary N) is 1. The average molecular weight is 233 g/mol. The molecule has 0 bridgehead atoms. The molecule has 2 rings (SSSR count). The number of hydrogen-bond donors (Lipinski definition) is 1. The number of para-hydroxylation sites is 1. The van der Waals surface area contributed by atoms with Gasteiger partial charge < -0.3 is 4.74 Å². The number of ether oxygens (including phenoxy) is 1. The molecule has 0 amide bonds. The highest BCUT2D eigenvalue weighted by molar-refractivity contribution is 5.30. The molecule has 0 aliphatic rings. The van der Waals surface area contributed by atoms with Gasteiger partial charge in [0.25, 0.3) is 0 Å². The fourth-order valence-corrected chi connectivity index (χ4v) is 1.41. The Kier molecular flexibility index (Phi) is 3.04. The number of aromatic amines is 1. The summed E-state index contributed by atoms with van der Waals surface area (Å²) in [4.78, 5) is 29.4. The molecule has 0 spiro atoms. The zero-order valence-corrected chi connectivity index (χ0v) is 9.21. The Morgan fingerprint density at radius 2 is 2.00 bits per heavy atom.